The van der Waals surface area contributed by atoms with Crippen molar-refractivity contribution in [3.05, 3.63) is 71.3 Å². The molecule has 0 aliphatic heterocycles. The Hall–Kier alpha value is -2.44. The second kappa shape index (κ2) is 7.21. The van der Waals surface area contributed by atoms with Crippen molar-refractivity contribution in [2.24, 2.45) is 5.14 Å². The summed E-state index contributed by atoms with van der Waals surface area (Å²) in [6, 6.07) is 15.6. The van der Waals surface area contributed by atoms with Crippen LogP contribution in [0.25, 0.3) is 6.08 Å². The highest BCUT2D eigenvalue weighted by Crippen LogP contribution is 2.09. The summed E-state index contributed by atoms with van der Waals surface area (Å²) in [4.78, 5) is 12.1. The molecule has 0 saturated heterocycles. The summed E-state index contributed by atoms with van der Waals surface area (Å²) in [6.45, 7) is 2.05. The molecule has 0 aliphatic rings. The summed E-state index contributed by atoms with van der Waals surface area (Å²) in [6.07, 6.45) is 1.80. The molecule has 2 aromatic carbocycles. The molecule has 0 unspecified atom stereocenters. The summed E-state index contributed by atoms with van der Waals surface area (Å²) in [5, 5.41) is 7.83. The van der Waals surface area contributed by atoms with E-state index in [2.05, 4.69) is 5.32 Å². The molecule has 23 heavy (non-hydrogen) atoms. The maximum atomic E-state index is 12.1. The number of benzene rings is 2. The highest BCUT2D eigenvalue weighted by atomic mass is 32.2. The van der Waals surface area contributed by atoms with Gasteiger partial charge in [0.05, 0.1) is 4.90 Å². The van der Waals surface area contributed by atoms with E-state index in [1.165, 1.54) is 12.1 Å². The topological polar surface area (TPSA) is 89.3 Å². The van der Waals surface area contributed by atoms with Gasteiger partial charge < -0.3 is 5.32 Å². The van der Waals surface area contributed by atoms with Gasteiger partial charge in [0, 0.05) is 12.1 Å². The number of hydrogen-bond acceptors (Lipinski definition) is 3. The first-order valence-corrected chi connectivity index (χ1v) is 8.54. The van der Waals surface area contributed by atoms with Crippen LogP contribution in [-0.2, 0) is 21.4 Å². The lowest BCUT2D eigenvalue weighted by molar-refractivity contribution is -0.117. The number of nitrogens with two attached hydrogens (primary N) is 1. The van der Waals surface area contributed by atoms with E-state index in [1.807, 2.05) is 30.3 Å². The normalized spacial score (nSPS) is 12.0. The first-order chi connectivity index (χ1) is 10.9. The molecule has 120 valence electrons. The van der Waals surface area contributed by atoms with Gasteiger partial charge in [0.1, 0.15) is 0 Å². The van der Waals surface area contributed by atoms with Crippen LogP contribution in [0, 0.1) is 0 Å². The summed E-state index contributed by atoms with van der Waals surface area (Å²) in [7, 11) is -3.70. The predicted molar refractivity (Wildman–Crippen MR) is 89.8 cm³/mol. The Labute approximate surface area is 135 Å². The zero-order chi connectivity index (χ0) is 16.9. The van der Waals surface area contributed by atoms with Crippen molar-refractivity contribution < 1.29 is 13.2 Å². The predicted octanol–water partition coefficient (Wildman–Crippen LogP) is 2.05. The Kier molecular flexibility index (Phi) is 5.31. The minimum absolute atomic E-state index is 0.0488. The Bertz CT molecular complexity index is 811. The standard InChI is InChI=1S/C17H18N2O3S/c1-13(11-14-5-3-2-4-6-14)17(20)19-12-15-7-9-16(10-8-15)23(18,21)22/h2-11H,12H2,1H3,(H,19,20)(H2,18,21,22)/b13-11+. The minimum atomic E-state index is -3.70. The van der Waals surface area contributed by atoms with Gasteiger partial charge in [0.25, 0.3) is 0 Å². The van der Waals surface area contributed by atoms with Crippen molar-refractivity contribution in [1.29, 1.82) is 0 Å². The Balaban J connectivity index is 1.98. The number of amides is 1. The molecule has 2 rings (SSSR count). The molecule has 0 atom stereocenters. The number of rotatable bonds is 5. The lowest BCUT2D eigenvalue weighted by atomic mass is 10.1. The van der Waals surface area contributed by atoms with E-state index < -0.39 is 10.0 Å². The third kappa shape index (κ3) is 5.05. The molecule has 0 radical (unpaired) electrons. The average molecular weight is 330 g/mol. The lowest BCUT2D eigenvalue weighted by Gasteiger charge is -2.06. The van der Waals surface area contributed by atoms with Crippen molar-refractivity contribution in [2.45, 2.75) is 18.4 Å². The molecule has 3 N–H and O–H groups in total. The fourth-order valence-corrected chi connectivity index (χ4v) is 2.50. The zero-order valence-electron chi connectivity index (χ0n) is 12.7. The van der Waals surface area contributed by atoms with Gasteiger partial charge in [-0.15, -0.1) is 0 Å². The van der Waals surface area contributed by atoms with Gasteiger partial charge in [-0.2, -0.15) is 0 Å². The molecule has 0 bridgehead atoms. The molecule has 0 spiro atoms. The van der Waals surface area contributed by atoms with Crippen LogP contribution in [-0.4, -0.2) is 14.3 Å². The molecule has 5 nitrogen and oxygen atoms in total. The van der Waals surface area contributed by atoms with E-state index in [4.69, 9.17) is 5.14 Å². The van der Waals surface area contributed by atoms with Crippen LogP contribution in [0.3, 0.4) is 0 Å². The third-order valence-electron chi connectivity index (χ3n) is 3.25. The smallest absolute Gasteiger partial charge is 0.247 e. The fourth-order valence-electron chi connectivity index (χ4n) is 1.98. The summed E-state index contributed by atoms with van der Waals surface area (Å²) in [5.74, 6) is -0.177. The molecule has 0 aliphatic carbocycles. The Morgan fingerprint density at radius 3 is 2.26 bits per heavy atom. The SMILES string of the molecule is C/C(=C\c1ccccc1)C(=O)NCc1ccc(S(N)(=O)=O)cc1. The fraction of sp³-hybridized carbons (Fsp3) is 0.118. The maximum Gasteiger partial charge on any atom is 0.247 e. The second-order valence-electron chi connectivity index (χ2n) is 5.11. The number of nitrogens with one attached hydrogen (secondary N) is 1. The minimum Gasteiger partial charge on any atom is -0.348 e. The van der Waals surface area contributed by atoms with Gasteiger partial charge >= 0.3 is 0 Å². The number of hydrogen-bond donors (Lipinski definition) is 2. The quantitative estimate of drug-likeness (QED) is 0.822. The number of primary sulfonamides is 1. The van der Waals surface area contributed by atoms with Crippen molar-refractivity contribution in [3.63, 3.8) is 0 Å². The molecular weight excluding hydrogens is 312 g/mol. The van der Waals surface area contributed by atoms with Crippen LogP contribution in [0.5, 0.6) is 0 Å². The van der Waals surface area contributed by atoms with E-state index in [-0.39, 0.29) is 10.8 Å². The molecule has 6 heteroatoms. The van der Waals surface area contributed by atoms with Crippen molar-refractivity contribution in [2.75, 3.05) is 0 Å². The summed E-state index contributed by atoms with van der Waals surface area (Å²) >= 11 is 0. The highest BCUT2D eigenvalue weighted by molar-refractivity contribution is 7.89. The van der Waals surface area contributed by atoms with Gasteiger partial charge in [-0.3, -0.25) is 4.79 Å². The van der Waals surface area contributed by atoms with Crippen LogP contribution in [0.1, 0.15) is 18.1 Å². The largest absolute Gasteiger partial charge is 0.348 e. The molecule has 0 aromatic heterocycles. The summed E-state index contributed by atoms with van der Waals surface area (Å²) < 4.78 is 22.3. The van der Waals surface area contributed by atoms with Gasteiger partial charge in [0.2, 0.25) is 15.9 Å². The van der Waals surface area contributed by atoms with Gasteiger partial charge in [-0.1, -0.05) is 42.5 Å². The van der Waals surface area contributed by atoms with E-state index in [0.717, 1.165) is 11.1 Å². The van der Waals surface area contributed by atoms with Crippen LogP contribution in [0.2, 0.25) is 0 Å². The van der Waals surface area contributed by atoms with Gasteiger partial charge in [0.15, 0.2) is 0 Å². The van der Waals surface area contributed by atoms with E-state index >= 15 is 0 Å². The Morgan fingerprint density at radius 2 is 1.70 bits per heavy atom. The first kappa shape index (κ1) is 16.9. The van der Waals surface area contributed by atoms with E-state index in [9.17, 15) is 13.2 Å². The van der Waals surface area contributed by atoms with Crippen LogP contribution >= 0.6 is 0 Å². The summed E-state index contributed by atoms with van der Waals surface area (Å²) in [5.41, 5.74) is 2.34. The van der Waals surface area contributed by atoms with Crippen molar-refractivity contribution in [3.8, 4) is 0 Å². The first-order valence-electron chi connectivity index (χ1n) is 6.99. The van der Waals surface area contributed by atoms with Crippen LogP contribution in [0.15, 0.2) is 65.1 Å². The number of sulfonamides is 1. The number of carbonyl (C=O) groups is 1. The van der Waals surface area contributed by atoms with Crippen LogP contribution < -0.4 is 10.5 Å². The third-order valence-corrected chi connectivity index (χ3v) is 4.18. The molecule has 0 heterocycles. The van der Waals surface area contributed by atoms with Crippen molar-refractivity contribution >= 4 is 22.0 Å². The number of carbonyl (C=O) groups excluding carboxylic acids is 1. The monoisotopic (exact) mass is 330 g/mol. The Morgan fingerprint density at radius 1 is 1.09 bits per heavy atom. The van der Waals surface area contributed by atoms with Crippen LogP contribution in [0.4, 0.5) is 0 Å². The molecule has 0 saturated carbocycles. The lowest BCUT2D eigenvalue weighted by Crippen LogP contribution is -2.23. The molecular formula is C17H18N2O3S. The maximum absolute atomic E-state index is 12.1. The van der Waals surface area contributed by atoms with E-state index in [1.54, 1.807) is 25.1 Å². The molecule has 2 aromatic rings. The second-order valence-corrected chi connectivity index (χ2v) is 6.67. The van der Waals surface area contributed by atoms with E-state index in [0.29, 0.717) is 12.1 Å². The molecule has 1 amide bonds. The average Bonchev–Trinajstić information content (AvgIpc) is 2.53. The van der Waals surface area contributed by atoms with Gasteiger partial charge in [-0.25, -0.2) is 13.6 Å². The van der Waals surface area contributed by atoms with Crippen molar-refractivity contribution in [1.82, 2.24) is 5.32 Å². The molecule has 0 fully saturated rings. The highest BCUT2D eigenvalue weighted by Gasteiger charge is 2.08. The zero-order valence-corrected chi connectivity index (χ0v) is 13.5. The van der Waals surface area contributed by atoms with Gasteiger partial charge in [-0.05, 0) is 36.3 Å².